The van der Waals surface area contributed by atoms with Gasteiger partial charge >= 0.3 is 0 Å². The van der Waals surface area contributed by atoms with Crippen molar-refractivity contribution in [2.75, 3.05) is 0 Å². The molecule has 4 aliphatic carbocycles. The maximum Gasteiger partial charge on any atom is 0.0819 e. The van der Waals surface area contributed by atoms with Crippen LogP contribution >= 0.6 is 0 Å². The number of benzene rings is 6. The fourth-order valence-electron chi connectivity index (χ4n) is 9.65. The van der Waals surface area contributed by atoms with Crippen molar-refractivity contribution >= 4 is 27.5 Å². The molecule has 6 aromatic rings. The fourth-order valence-corrected chi connectivity index (χ4v) is 9.65. The standard InChI is InChI=1S/C60H47N/c1-43-31-34-54(45-21-9-5-10-22-45)52(40-51-39-48-26-12-11-25-47(48)38-50(51)37-43)42-59-56(28-18-36-61-53-33-32-49(41-53)44-19-7-4-8-20-44)55-27-14-16-30-58(55)60(59)35-17-3-2-6-23-46-24-13-15-29-57(46)60/h2-22,24-34,36,38-39,42,61H,1,23,35,37,40H2/b6-2-,17-3-,34-31-,36-18+,54-52-,56-28-,59-42-. The van der Waals surface area contributed by atoms with Gasteiger partial charge in [0.25, 0.3) is 0 Å². The summed E-state index contributed by atoms with van der Waals surface area (Å²) in [6.45, 7) is 4.57. The van der Waals surface area contributed by atoms with Gasteiger partial charge in [0.1, 0.15) is 0 Å². The van der Waals surface area contributed by atoms with Crippen molar-refractivity contribution in [1.82, 2.24) is 5.32 Å². The summed E-state index contributed by atoms with van der Waals surface area (Å²) in [7, 11) is 0. The third-order valence-corrected chi connectivity index (χ3v) is 12.5. The number of rotatable bonds is 6. The highest BCUT2D eigenvalue weighted by Gasteiger charge is 2.47. The predicted octanol–water partition coefficient (Wildman–Crippen LogP) is 14.1. The van der Waals surface area contributed by atoms with E-state index in [0.717, 1.165) is 48.1 Å². The van der Waals surface area contributed by atoms with E-state index in [0.29, 0.717) is 0 Å². The van der Waals surface area contributed by atoms with Gasteiger partial charge in [-0.05, 0) is 121 Å². The van der Waals surface area contributed by atoms with Gasteiger partial charge in [0, 0.05) is 11.8 Å². The number of hydrogen-bond donors (Lipinski definition) is 1. The third-order valence-electron chi connectivity index (χ3n) is 12.5. The van der Waals surface area contributed by atoms with E-state index in [1.54, 1.807) is 0 Å². The van der Waals surface area contributed by atoms with Gasteiger partial charge in [0.05, 0.1) is 11.1 Å². The lowest BCUT2D eigenvalue weighted by molar-refractivity contribution is 0.638. The topological polar surface area (TPSA) is 12.0 Å². The van der Waals surface area contributed by atoms with Crippen molar-refractivity contribution in [2.45, 2.75) is 31.1 Å². The first-order chi connectivity index (χ1) is 30.1. The summed E-state index contributed by atoms with van der Waals surface area (Å²) in [4.78, 5) is 0. The van der Waals surface area contributed by atoms with E-state index >= 15 is 0 Å². The van der Waals surface area contributed by atoms with E-state index in [2.05, 4.69) is 224 Å². The summed E-state index contributed by atoms with van der Waals surface area (Å²) in [5.41, 5.74) is 21.6. The van der Waals surface area contributed by atoms with Crippen LogP contribution in [-0.2, 0) is 24.7 Å². The Hall–Kier alpha value is -7.44. The second-order valence-electron chi connectivity index (χ2n) is 16.3. The van der Waals surface area contributed by atoms with Crippen LogP contribution in [0, 0.1) is 0 Å². The van der Waals surface area contributed by atoms with Crippen LogP contribution < -0.4 is 5.32 Å². The van der Waals surface area contributed by atoms with E-state index in [1.165, 1.54) is 72.0 Å². The van der Waals surface area contributed by atoms with Crippen LogP contribution in [0.2, 0.25) is 0 Å². The van der Waals surface area contributed by atoms with Crippen LogP contribution in [0.15, 0.2) is 253 Å². The lowest BCUT2D eigenvalue weighted by Gasteiger charge is -2.34. The van der Waals surface area contributed by atoms with Gasteiger partial charge in [0.15, 0.2) is 0 Å². The fraction of sp³-hybridized carbons (Fsp3) is 0.0833. The molecule has 0 aromatic heterocycles. The van der Waals surface area contributed by atoms with Gasteiger partial charge in [-0.25, -0.2) is 0 Å². The average molecular weight is 782 g/mol. The van der Waals surface area contributed by atoms with Crippen LogP contribution in [0.1, 0.15) is 50.9 Å². The Labute approximate surface area is 360 Å². The second-order valence-corrected chi connectivity index (χ2v) is 16.3. The molecule has 0 aliphatic heterocycles. The first kappa shape index (κ1) is 37.8. The van der Waals surface area contributed by atoms with Crippen LogP contribution in [-0.4, -0.2) is 0 Å². The summed E-state index contributed by atoms with van der Waals surface area (Å²) in [6, 6.07) is 53.1. The third kappa shape index (κ3) is 7.42. The SMILES string of the molecule is C=C1\C=C/C(c2ccccc2)=C(/C=C2/C(=C\C=C\NC3=C=C(c4ccccc4)C=C3)c3ccccc3C23C/C=C\C=C/Cc2ccccc23)Cc2cc3ccccc3cc2C1. The monoisotopic (exact) mass is 781 g/mol. The first-order valence-corrected chi connectivity index (χ1v) is 21.4. The molecule has 292 valence electrons. The molecule has 0 amide bonds. The smallest absolute Gasteiger partial charge is 0.0819 e. The summed E-state index contributed by atoms with van der Waals surface area (Å²) in [5.74, 6) is 0. The maximum absolute atomic E-state index is 4.57. The van der Waals surface area contributed by atoms with E-state index in [9.17, 15) is 0 Å². The second kappa shape index (κ2) is 16.7. The minimum atomic E-state index is -0.445. The molecule has 4 aliphatic rings. The Bertz CT molecular complexity index is 3020. The van der Waals surface area contributed by atoms with E-state index in [-0.39, 0.29) is 0 Å². The molecule has 0 saturated carbocycles. The van der Waals surface area contributed by atoms with Crippen LogP contribution in [0.25, 0.3) is 27.5 Å². The Morgan fingerprint density at radius 1 is 0.607 bits per heavy atom. The molecular weight excluding hydrogens is 735 g/mol. The summed E-state index contributed by atoms with van der Waals surface area (Å²) in [5, 5.41) is 6.05. The molecule has 1 atom stereocenters. The molecule has 6 aromatic carbocycles. The van der Waals surface area contributed by atoms with Crippen molar-refractivity contribution < 1.29 is 0 Å². The summed E-state index contributed by atoms with van der Waals surface area (Å²) >= 11 is 0. The highest BCUT2D eigenvalue weighted by Crippen LogP contribution is 2.57. The number of allylic oxidation sites excluding steroid dienone is 16. The van der Waals surface area contributed by atoms with Gasteiger partial charge in [-0.15, -0.1) is 0 Å². The number of fused-ring (bicyclic) bond motifs is 6. The quantitative estimate of drug-likeness (QED) is 0.166. The molecular formula is C60H47N. The molecule has 1 heteroatoms. The largest absolute Gasteiger partial charge is 0.355 e. The summed E-state index contributed by atoms with van der Waals surface area (Å²) < 4.78 is 0. The molecule has 1 spiro atoms. The van der Waals surface area contributed by atoms with Gasteiger partial charge in [-0.2, -0.15) is 0 Å². The predicted molar refractivity (Wildman–Crippen MR) is 258 cm³/mol. The zero-order valence-corrected chi connectivity index (χ0v) is 34.3. The first-order valence-electron chi connectivity index (χ1n) is 21.4. The maximum atomic E-state index is 4.57. The zero-order valence-electron chi connectivity index (χ0n) is 34.3. The molecule has 61 heavy (non-hydrogen) atoms. The van der Waals surface area contributed by atoms with Gasteiger partial charge < -0.3 is 5.32 Å². The lowest BCUT2D eigenvalue weighted by atomic mass is 9.67. The average Bonchev–Trinajstić information content (AvgIpc) is 3.91. The van der Waals surface area contributed by atoms with Gasteiger partial charge in [-0.3, -0.25) is 0 Å². The highest BCUT2D eigenvalue weighted by atomic mass is 14.8. The van der Waals surface area contributed by atoms with Crippen molar-refractivity contribution in [2.24, 2.45) is 0 Å². The van der Waals surface area contributed by atoms with E-state index in [4.69, 9.17) is 0 Å². The van der Waals surface area contributed by atoms with Gasteiger partial charge in [-0.1, -0.05) is 212 Å². The Morgan fingerprint density at radius 2 is 1.28 bits per heavy atom. The van der Waals surface area contributed by atoms with E-state index < -0.39 is 5.41 Å². The Morgan fingerprint density at radius 3 is 2.08 bits per heavy atom. The number of nitrogens with one attached hydrogen (secondary N) is 1. The Kier molecular flexibility index (Phi) is 10.3. The molecule has 1 unspecified atom stereocenters. The zero-order chi connectivity index (χ0) is 41.0. The van der Waals surface area contributed by atoms with Crippen molar-refractivity contribution in [3.8, 4) is 0 Å². The van der Waals surface area contributed by atoms with Crippen molar-refractivity contribution in [3.05, 3.63) is 298 Å². The van der Waals surface area contributed by atoms with Crippen molar-refractivity contribution in [1.29, 1.82) is 0 Å². The van der Waals surface area contributed by atoms with Gasteiger partial charge in [0.2, 0.25) is 0 Å². The normalized spacial score (nSPS) is 22.3. The molecule has 0 bridgehead atoms. The molecule has 1 N–H and O–H groups in total. The minimum absolute atomic E-state index is 0.445. The summed E-state index contributed by atoms with van der Waals surface area (Å²) in [6.07, 6.45) is 30.3. The molecule has 0 saturated heterocycles. The lowest BCUT2D eigenvalue weighted by Crippen LogP contribution is -2.28. The molecule has 0 fully saturated rings. The molecule has 0 heterocycles. The van der Waals surface area contributed by atoms with Crippen LogP contribution in [0.5, 0.6) is 0 Å². The van der Waals surface area contributed by atoms with E-state index in [1.807, 2.05) is 12.3 Å². The Balaban J connectivity index is 1.21. The molecule has 10 rings (SSSR count). The van der Waals surface area contributed by atoms with Crippen LogP contribution in [0.4, 0.5) is 0 Å². The van der Waals surface area contributed by atoms with Crippen LogP contribution in [0.3, 0.4) is 0 Å². The molecule has 0 radical (unpaired) electrons. The minimum Gasteiger partial charge on any atom is -0.355 e. The highest BCUT2D eigenvalue weighted by molar-refractivity contribution is 5.95. The molecule has 1 nitrogen and oxygen atoms in total. The number of hydrogen-bond acceptors (Lipinski definition) is 1. The van der Waals surface area contributed by atoms with Crippen molar-refractivity contribution in [3.63, 3.8) is 0 Å².